The van der Waals surface area contributed by atoms with Crippen molar-refractivity contribution in [2.75, 3.05) is 7.11 Å². The lowest BCUT2D eigenvalue weighted by Crippen LogP contribution is -2.31. The van der Waals surface area contributed by atoms with Crippen molar-refractivity contribution < 1.29 is 23.1 Å². The molecule has 0 saturated heterocycles. The number of carboxylic acids is 1. The molecule has 1 aromatic heterocycles. The van der Waals surface area contributed by atoms with Gasteiger partial charge in [0.1, 0.15) is 5.75 Å². The summed E-state index contributed by atoms with van der Waals surface area (Å²) in [7, 11) is -2.30. The topological polar surface area (TPSA) is 93.6 Å². The van der Waals surface area contributed by atoms with E-state index in [1.165, 1.54) is 20.2 Å². The third kappa shape index (κ3) is 3.27. The number of hydrogen-bond donors (Lipinski definition) is 1. The molecule has 0 aliphatic carbocycles. The summed E-state index contributed by atoms with van der Waals surface area (Å²) in [5, 5.41) is 7.57. The second-order valence-corrected chi connectivity index (χ2v) is 6.77. The van der Waals surface area contributed by atoms with Crippen LogP contribution in [0.2, 0.25) is 0 Å². The number of methoxy groups -OCH3 is 1. The summed E-state index contributed by atoms with van der Waals surface area (Å²) in [4.78, 5) is 15.1. The number of ether oxygens (including phenoxy) is 1. The van der Waals surface area contributed by atoms with Gasteiger partial charge in [-0.25, -0.2) is 8.42 Å². The van der Waals surface area contributed by atoms with Crippen LogP contribution in [0, 0.1) is 13.8 Å². The fraction of sp³-hybridized carbons (Fsp3) is 0.538. The zero-order valence-corrected chi connectivity index (χ0v) is 12.8. The predicted molar refractivity (Wildman–Crippen MR) is 74.6 cm³/mol. The van der Waals surface area contributed by atoms with Crippen LogP contribution >= 0.6 is 0 Å². The van der Waals surface area contributed by atoms with Gasteiger partial charge in [-0.05, 0) is 20.3 Å². The van der Waals surface area contributed by atoms with Crippen LogP contribution in [0.25, 0.3) is 0 Å². The number of aryl methyl sites for hydroxylation is 1. The van der Waals surface area contributed by atoms with E-state index in [1.54, 1.807) is 6.92 Å². The zero-order valence-electron chi connectivity index (χ0n) is 12.0. The van der Waals surface area contributed by atoms with Gasteiger partial charge in [0, 0.05) is 17.3 Å². The first-order chi connectivity index (χ1) is 9.24. The first kappa shape index (κ1) is 16.4. The van der Waals surface area contributed by atoms with E-state index in [2.05, 4.69) is 4.98 Å². The standard InChI is InChI=1S/C13H19NO5S/c1-5-11(13(15)16)20(17,18)7-10-9(3)12(19-4)8(2)6-14-10/h6,11H,5,7H2,1-4H3,(H,15,16). The fourth-order valence-electron chi connectivity index (χ4n) is 2.09. The highest BCUT2D eigenvalue weighted by atomic mass is 32.2. The maximum atomic E-state index is 12.1. The average molecular weight is 301 g/mol. The molecule has 6 nitrogen and oxygen atoms in total. The Labute approximate surface area is 118 Å². The number of carboxylic acid groups (broad SMARTS) is 1. The van der Waals surface area contributed by atoms with Gasteiger partial charge in [0.25, 0.3) is 0 Å². The van der Waals surface area contributed by atoms with Gasteiger partial charge in [-0.2, -0.15) is 0 Å². The van der Waals surface area contributed by atoms with E-state index >= 15 is 0 Å². The van der Waals surface area contributed by atoms with Gasteiger partial charge < -0.3 is 9.84 Å². The van der Waals surface area contributed by atoms with Crippen molar-refractivity contribution >= 4 is 15.8 Å². The number of nitrogens with zero attached hydrogens (tertiary/aromatic N) is 1. The van der Waals surface area contributed by atoms with Crippen LogP contribution in [0.1, 0.15) is 30.2 Å². The molecule has 1 atom stereocenters. The SMILES string of the molecule is CCC(C(=O)O)S(=O)(=O)Cc1ncc(C)c(OC)c1C. The molecule has 0 aliphatic heterocycles. The molecule has 0 spiro atoms. The monoisotopic (exact) mass is 301 g/mol. The minimum atomic E-state index is -3.80. The van der Waals surface area contributed by atoms with E-state index in [0.29, 0.717) is 17.0 Å². The first-order valence-electron chi connectivity index (χ1n) is 6.18. The largest absolute Gasteiger partial charge is 0.496 e. The van der Waals surface area contributed by atoms with E-state index in [1.807, 2.05) is 6.92 Å². The lowest BCUT2D eigenvalue weighted by Gasteiger charge is -2.15. The Morgan fingerprint density at radius 1 is 1.45 bits per heavy atom. The highest BCUT2D eigenvalue weighted by molar-refractivity contribution is 7.92. The maximum absolute atomic E-state index is 12.1. The number of sulfone groups is 1. The van der Waals surface area contributed by atoms with Gasteiger partial charge >= 0.3 is 5.97 Å². The molecule has 1 rings (SSSR count). The quantitative estimate of drug-likeness (QED) is 0.855. The molecule has 112 valence electrons. The molecule has 1 unspecified atom stereocenters. The summed E-state index contributed by atoms with van der Waals surface area (Å²) in [6.07, 6.45) is 1.55. The van der Waals surface area contributed by atoms with Crippen LogP contribution in [0.3, 0.4) is 0 Å². The number of carbonyl (C=O) groups is 1. The second-order valence-electron chi connectivity index (χ2n) is 4.59. The normalized spacial score (nSPS) is 13.0. The van der Waals surface area contributed by atoms with Crippen molar-refractivity contribution in [1.29, 1.82) is 0 Å². The van der Waals surface area contributed by atoms with E-state index in [0.717, 1.165) is 5.56 Å². The van der Waals surface area contributed by atoms with Crippen molar-refractivity contribution in [2.45, 2.75) is 38.2 Å². The summed E-state index contributed by atoms with van der Waals surface area (Å²) in [6, 6.07) is 0. The Hall–Kier alpha value is -1.63. The van der Waals surface area contributed by atoms with Crippen molar-refractivity contribution in [2.24, 2.45) is 0 Å². The first-order valence-corrected chi connectivity index (χ1v) is 7.89. The third-order valence-corrected chi connectivity index (χ3v) is 5.25. The molecule has 0 aromatic carbocycles. The van der Waals surface area contributed by atoms with E-state index < -0.39 is 26.8 Å². The van der Waals surface area contributed by atoms with Crippen LogP contribution in [0.15, 0.2) is 6.20 Å². The molecule has 0 bridgehead atoms. The van der Waals surface area contributed by atoms with Crippen LogP contribution in [-0.2, 0) is 20.4 Å². The lowest BCUT2D eigenvalue weighted by molar-refractivity contribution is -0.136. The Kier molecular flexibility index (Phi) is 5.10. The van der Waals surface area contributed by atoms with E-state index in [-0.39, 0.29) is 6.42 Å². The smallest absolute Gasteiger partial charge is 0.321 e. The van der Waals surface area contributed by atoms with Crippen LogP contribution in [-0.4, -0.2) is 36.8 Å². The molecule has 0 radical (unpaired) electrons. The van der Waals surface area contributed by atoms with Crippen LogP contribution in [0.4, 0.5) is 0 Å². The minimum Gasteiger partial charge on any atom is -0.496 e. The summed E-state index contributed by atoms with van der Waals surface area (Å²) < 4.78 is 29.5. The molecule has 0 fully saturated rings. The number of pyridine rings is 1. The number of aliphatic carboxylic acids is 1. The van der Waals surface area contributed by atoms with Crippen molar-refractivity contribution in [3.63, 3.8) is 0 Å². The molecule has 7 heteroatoms. The summed E-state index contributed by atoms with van der Waals surface area (Å²) in [5.41, 5.74) is 1.75. The van der Waals surface area contributed by atoms with Crippen molar-refractivity contribution in [3.8, 4) is 5.75 Å². The minimum absolute atomic E-state index is 0.0275. The predicted octanol–water partition coefficient (Wildman–Crippen LogP) is 1.49. The Bertz CT molecular complexity index is 609. The number of hydrogen-bond acceptors (Lipinski definition) is 5. The number of rotatable bonds is 6. The maximum Gasteiger partial charge on any atom is 0.321 e. The van der Waals surface area contributed by atoms with Crippen LogP contribution in [0.5, 0.6) is 5.75 Å². The highest BCUT2D eigenvalue weighted by Crippen LogP contribution is 2.26. The van der Waals surface area contributed by atoms with Crippen LogP contribution < -0.4 is 4.74 Å². The van der Waals surface area contributed by atoms with E-state index in [4.69, 9.17) is 9.84 Å². The average Bonchev–Trinajstić information content (AvgIpc) is 2.33. The third-order valence-electron chi connectivity index (χ3n) is 3.17. The molecule has 1 heterocycles. The van der Waals surface area contributed by atoms with Crippen molar-refractivity contribution in [3.05, 3.63) is 23.0 Å². The number of aromatic nitrogens is 1. The van der Waals surface area contributed by atoms with Gasteiger partial charge in [0.05, 0.1) is 18.6 Å². The Morgan fingerprint density at radius 2 is 2.05 bits per heavy atom. The second kappa shape index (κ2) is 6.21. The van der Waals surface area contributed by atoms with E-state index in [9.17, 15) is 13.2 Å². The summed E-state index contributed by atoms with van der Waals surface area (Å²) in [6.45, 7) is 5.06. The zero-order chi connectivity index (χ0) is 15.5. The van der Waals surface area contributed by atoms with Crippen molar-refractivity contribution in [1.82, 2.24) is 4.98 Å². The molecule has 20 heavy (non-hydrogen) atoms. The van der Waals surface area contributed by atoms with Gasteiger partial charge in [-0.15, -0.1) is 0 Å². The van der Waals surface area contributed by atoms with Gasteiger partial charge in [0.15, 0.2) is 15.1 Å². The summed E-state index contributed by atoms with van der Waals surface area (Å²) >= 11 is 0. The van der Waals surface area contributed by atoms with Gasteiger partial charge in [-0.3, -0.25) is 9.78 Å². The van der Waals surface area contributed by atoms with Gasteiger partial charge in [-0.1, -0.05) is 6.92 Å². The molecule has 0 aliphatic rings. The van der Waals surface area contributed by atoms with Gasteiger partial charge in [0.2, 0.25) is 0 Å². The molecule has 0 saturated carbocycles. The Morgan fingerprint density at radius 3 is 2.50 bits per heavy atom. The lowest BCUT2D eigenvalue weighted by atomic mass is 10.1. The molecular formula is C13H19NO5S. The molecular weight excluding hydrogens is 282 g/mol. The molecule has 0 amide bonds. The Balaban J connectivity index is 3.20. The highest BCUT2D eigenvalue weighted by Gasteiger charge is 2.32. The molecule has 1 N–H and O–H groups in total. The summed E-state index contributed by atoms with van der Waals surface area (Å²) in [5.74, 6) is -1.15. The fourth-order valence-corrected chi connectivity index (χ4v) is 3.78. The molecule has 1 aromatic rings.